The Hall–Kier alpha value is -2.04. The molecule has 0 saturated carbocycles. The Morgan fingerprint density at radius 3 is 1.95 bits per heavy atom. The first kappa shape index (κ1) is 18.0. The maximum atomic E-state index is 11.5. The number of ether oxygens (including phenoxy) is 3. The van der Waals surface area contributed by atoms with E-state index in [4.69, 9.17) is 14.2 Å². The van der Waals surface area contributed by atoms with E-state index in [-0.39, 0.29) is 11.9 Å². The molecule has 0 N–H and O–H groups in total. The summed E-state index contributed by atoms with van der Waals surface area (Å²) >= 11 is 0. The first-order chi connectivity index (χ1) is 10.6. The van der Waals surface area contributed by atoms with Gasteiger partial charge in [0.1, 0.15) is 5.75 Å². The third-order valence-electron chi connectivity index (χ3n) is 3.22. The van der Waals surface area contributed by atoms with Crippen LogP contribution in [0.2, 0.25) is 0 Å². The number of carbonyl (C=O) groups is 2. The van der Waals surface area contributed by atoms with Gasteiger partial charge in [0.25, 0.3) is 0 Å². The summed E-state index contributed by atoms with van der Waals surface area (Å²) in [5.74, 6) is 0.301. The fourth-order valence-corrected chi connectivity index (χ4v) is 2.15. The average Bonchev–Trinajstić information content (AvgIpc) is 2.51. The van der Waals surface area contributed by atoms with Crippen molar-refractivity contribution in [3.63, 3.8) is 0 Å². The topological polar surface area (TPSA) is 61.8 Å². The summed E-state index contributed by atoms with van der Waals surface area (Å²) in [6, 6.07) is 5.69. The molecule has 0 saturated heterocycles. The Labute approximate surface area is 131 Å². The van der Waals surface area contributed by atoms with Crippen LogP contribution in [0.3, 0.4) is 0 Å². The largest absolute Gasteiger partial charge is 0.497 e. The second kappa shape index (κ2) is 9.82. The highest BCUT2D eigenvalue weighted by atomic mass is 16.5. The van der Waals surface area contributed by atoms with Crippen molar-refractivity contribution in [2.24, 2.45) is 0 Å². The van der Waals surface area contributed by atoms with Crippen molar-refractivity contribution in [1.29, 1.82) is 0 Å². The number of hydrogen-bond donors (Lipinski definition) is 0. The van der Waals surface area contributed by atoms with Gasteiger partial charge in [0.2, 0.25) is 0 Å². The molecule has 0 spiro atoms. The molecular formula is C17H24O5. The van der Waals surface area contributed by atoms with E-state index in [1.807, 2.05) is 18.2 Å². The molecule has 0 fully saturated rings. The lowest BCUT2D eigenvalue weighted by atomic mass is 9.98. The standard InChI is InChI=1S/C17H24O5/c1-4-21-16(18)10-7-13-6-9-15(20-3)12-14(13)8-11-17(19)22-5-2/h6,9,12H,4-5,7-8,10-11H2,1-3H3. The van der Waals surface area contributed by atoms with Crippen molar-refractivity contribution in [3.05, 3.63) is 29.3 Å². The maximum absolute atomic E-state index is 11.5. The molecule has 0 aliphatic carbocycles. The summed E-state index contributed by atoms with van der Waals surface area (Å²) in [5.41, 5.74) is 2.02. The SMILES string of the molecule is CCOC(=O)CCc1ccc(OC)cc1CCC(=O)OCC. The highest BCUT2D eigenvalue weighted by molar-refractivity contribution is 5.70. The van der Waals surface area contributed by atoms with Crippen molar-refractivity contribution < 1.29 is 23.8 Å². The molecule has 1 rings (SSSR count). The fourth-order valence-electron chi connectivity index (χ4n) is 2.15. The van der Waals surface area contributed by atoms with Gasteiger partial charge in [-0.15, -0.1) is 0 Å². The predicted molar refractivity (Wildman–Crippen MR) is 82.9 cm³/mol. The Morgan fingerprint density at radius 1 is 0.909 bits per heavy atom. The molecule has 0 bridgehead atoms. The minimum atomic E-state index is -0.221. The third kappa shape index (κ3) is 6.16. The zero-order chi connectivity index (χ0) is 16.4. The normalized spacial score (nSPS) is 10.1. The second-order valence-corrected chi connectivity index (χ2v) is 4.74. The molecule has 0 aliphatic heterocycles. The predicted octanol–water partition coefficient (Wildman–Crippen LogP) is 2.69. The van der Waals surface area contributed by atoms with E-state index in [1.165, 1.54) is 0 Å². The summed E-state index contributed by atoms with van der Waals surface area (Å²) < 4.78 is 15.1. The number of hydrogen-bond acceptors (Lipinski definition) is 5. The van der Waals surface area contributed by atoms with Gasteiger partial charge in [0, 0.05) is 12.8 Å². The lowest BCUT2D eigenvalue weighted by Gasteiger charge is -2.11. The molecule has 0 unspecified atom stereocenters. The van der Waals surface area contributed by atoms with Gasteiger partial charge in [-0.05, 0) is 49.9 Å². The summed E-state index contributed by atoms with van der Waals surface area (Å²) in [6.07, 6.45) is 1.79. The van der Waals surface area contributed by atoms with Crippen LogP contribution in [-0.2, 0) is 31.9 Å². The number of esters is 2. The molecule has 0 amide bonds. The highest BCUT2D eigenvalue weighted by Crippen LogP contribution is 2.21. The van der Waals surface area contributed by atoms with E-state index in [1.54, 1.807) is 21.0 Å². The summed E-state index contributed by atoms with van der Waals surface area (Å²) in [4.78, 5) is 23.0. The molecule has 0 aromatic heterocycles. The van der Waals surface area contributed by atoms with Crippen molar-refractivity contribution in [1.82, 2.24) is 0 Å². The zero-order valence-electron chi connectivity index (χ0n) is 13.5. The molecule has 1 aromatic rings. The fraction of sp³-hybridized carbons (Fsp3) is 0.529. The van der Waals surface area contributed by atoms with Crippen LogP contribution in [0, 0.1) is 0 Å². The Bertz CT molecular complexity index is 496. The lowest BCUT2D eigenvalue weighted by molar-refractivity contribution is -0.144. The molecule has 1 aromatic carbocycles. The van der Waals surface area contributed by atoms with Crippen LogP contribution in [0.1, 0.15) is 37.8 Å². The van der Waals surface area contributed by atoms with Crippen LogP contribution in [0.5, 0.6) is 5.75 Å². The summed E-state index contributed by atoms with van der Waals surface area (Å²) in [7, 11) is 1.60. The van der Waals surface area contributed by atoms with Crippen LogP contribution in [0.25, 0.3) is 0 Å². The van der Waals surface area contributed by atoms with E-state index in [9.17, 15) is 9.59 Å². The Balaban J connectivity index is 2.73. The van der Waals surface area contributed by atoms with Gasteiger partial charge in [-0.2, -0.15) is 0 Å². The summed E-state index contributed by atoms with van der Waals surface area (Å²) in [6.45, 7) is 4.34. The molecule has 0 atom stereocenters. The molecule has 0 heterocycles. The van der Waals surface area contributed by atoms with Crippen LogP contribution in [0.15, 0.2) is 18.2 Å². The molecular weight excluding hydrogens is 284 g/mol. The van der Waals surface area contributed by atoms with Gasteiger partial charge >= 0.3 is 11.9 Å². The molecule has 122 valence electrons. The minimum absolute atomic E-state index is 0.213. The van der Waals surface area contributed by atoms with Gasteiger partial charge < -0.3 is 14.2 Å². The maximum Gasteiger partial charge on any atom is 0.306 e. The van der Waals surface area contributed by atoms with Gasteiger partial charge in [0.15, 0.2) is 0 Å². The van der Waals surface area contributed by atoms with Crippen molar-refractivity contribution in [2.75, 3.05) is 20.3 Å². The number of aryl methyl sites for hydroxylation is 2. The zero-order valence-corrected chi connectivity index (χ0v) is 13.5. The van der Waals surface area contributed by atoms with E-state index >= 15 is 0 Å². The van der Waals surface area contributed by atoms with E-state index in [2.05, 4.69) is 0 Å². The van der Waals surface area contributed by atoms with Crippen molar-refractivity contribution >= 4 is 11.9 Å². The van der Waals surface area contributed by atoms with Gasteiger partial charge in [-0.1, -0.05) is 6.07 Å². The third-order valence-corrected chi connectivity index (χ3v) is 3.22. The Morgan fingerprint density at radius 2 is 1.45 bits per heavy atom. The highest BCUT2D eigenvalue weighted by Gasteiger charge is 2.10. The van der Waals surface area contributed by atoms with Gasteiger partial charge in [-0.3, -0.25) is 9.59 Å². The van der Waals surface area contributed by atoms with Crippen LogP contribution in [-0.4, -0.2) is 32.3 Å². The van der Waals surface area contributed by atoms with E-state index in [0.717, 1.165) is 16.9 Å². The van der Waals surface area contributed by atoms with Crippen LogP contribution in [0.4, 0.5) is 0 Å². The minimum Gasteiger partial charge on any atom is -0.497 e. The monoisotopic (exact) mass is 308 g/mol. The van der Waals surface area contributed by atoms with E-state index in [0.29, 0.717) is 38.9 Å². The summed E-state index contributed by atoms with van der Waals surface area (Å²) in [5, 5.41) is 0. The second-order valence-electron chi connectivity index (χ2n) is 4.74. The molecule has 5 heteroatoms. The first-order valence-electron chi connectivity index (χ1n) is 7.57. The lowest BCUT2D eigenvalue weighted by Crippen LogP contribution is -2.08. The Kier molecular flexibility index (Phi) is 8.04. The van der Waals surface area contributed by atoms with Crippen LogP contribution >= 0.6 is 0 Å². The molecule has 5 nitrogen and oxygen atoms in total. The van der Waals surface area contributed by atoms with E-state index < -0.39 is 0 Å². The molecule has 0 aliphatic rings. The number of methoxy groups -OCH3 is 1. The average molecular weight is 308 g/mol. The number of carbonyl (C=O) groups excluding carboxylic acids is 2. The smallest absolute Gasteiger partial charge is 0.306 e. The number of rotatable bonds is 9. The van der Waals surface area contributed by atoms with Gasteiger partial charge in [0.05, 0.1) is 20.3 Å². The van der Waals surface area contributed by atoms with Crippen LogP contribution < -0.4 is 4.74 Å². The van der Waals surface area contributed by atoms with Crippen molar-refractivity contribution in [2.45, 2.75) is 39.5 Å². The van der Waals surface area contributed by atoms with Crippen molar-refractivity contribution in [3.8, 4) is 5.75 Å². The van der Waals surface area contributed by atoms with Gasteiger partial charge in [-0.25, -0.2) is 0 Å². The number of benzene rings is 1. The quantitative estimate of drug-likeness (QED) is 0.656. The molecule has 22 heavy (non-hydrogen) atoms. The first-order valence-corrected chi connectivity index (χ1v) is 7.57. The molecule has 0 radical (unpaired) electrons.